The van der Waals surface area contributed by atoms with Crippen molar-refractivity contribution < 1.29 is 4.74 Å². The Morgan fingerprint density at radius 1 is 0.540 bits per heavy atom. The zero-order valence-electron chi connectivity index (χ0n) is 28.0. The van der Waals surface area contributed by atoms with Crippen LogP contribution in [0.5, 0.6) is 11.5 Å². The summed E-state index contributed by atoms with van der Waals surface area (Å²) in [5.41, 5.74) is 12.1. The normalized spacial score (nSPS) is 11.9. The third kappa shape index (κ3) is 4.26. The highest BCUT2D eigenvalue weighted by Gasteiger charge is 2.18. The molecule has 5 heteroatoms. The second kappa shape index (κ2) is 10.8. The van der Waals surface area contributed by atoms with Crippen molar-refractivity contribution in [2.24, 2.45) is 0 Å². The molecule has 0 bridgehead atoms. The third-order valence-corrected chi connectivity index (χ3v) is 10.1. The monoisotopic (exact) mass is 644 g/mol. The van der Waals surface area contributed by atoms with Crippen LogP contribution in [0.3, 0.4) is 0 Å². The standard InChI is InChI=1S/C45H32N4O/c1-27-21-28(2)43(29(3)22-27)39-26-48-40-15-9-7-13-35(40)33-19-17-32(24-38(33)45(48)47-39)50-31-18-20-34-36-14-8-10-16-41(36)49-42(30-11-5-4-6-12-30)25-46-44(49)37(34)23-31/h4-26H,1-3H3. The minimum atomic E-state index is 0.755. The van der Waals surface area contributed by atoms with Crippen LogP contribution in [0.4, 0.5) is 0 Å². The SMILES string of the molecule is Cc1cc(C)c(-c2cn3c4ccccc4c4ccc(Oc5ccc6c7ccccc7n7c(-c8ccccc8)cnc7c6c5)cc4c3n2)c(C)c1. The lowest BCUT2D eigenvalue weighted by atomic mass is 9.98. The zero-order chi connectivity index (χ0) is 33.5. The van der Waals surface area contributed by atoms with Gasteiger partial charge in [0.15, 0.2) is 0 Å². The van der Waals surface area contributed by atoms with E-state index in [1.54, 1.807) is 0 Å². The predicted molar refractivity (Wildman–Crippen MR) is 206 cm³/mol. The summed E-state index contributed by atoms with van der Waals surface area (Å²) in [5, 5.41) is 6.72. The van der Waals surface area contributed by atoms with Crippen molar-refractivity contribution in [3.63, 3.8) is 0 Å². The summed E-state index contributed by atoms with van der Waals surface area (Å²) in [7, 11) is 0. The van der Waals surface area contributed by atoms with Gasteiger partial charge in [-0.25, -0.2) is 9.97 Å². The van der Waals surface area contributed by atoms with Gasteiger partial charge in [0.1, 0.15) is 22.8 Å². The molecule has 10 rings (SSSR count). The summed E-state index contributed by atoms with van der Waals surface area (Å²) in [4.78, 5) is 10.3. The summed E-state index contributed by atoms with van der Waals surface area (Å²) in [5.74, 6) is 1.51. The van der Waals surface area contributed by atoms with Crippen LogP contribution >= 0.6 is 0 Å². The molecule has 10 aromatic rings. The zero-order valence-corrected chi connectivity index (χ0v) is 28.0. The molecule has 238 valence electrons. The Balaban J connectivity index is 1.15. The van der Waals surface area contributed by atoms with E-state index in [2.05, 4.69) is 157 Å². The number of imidazole rings is 2. The van der Waals surface area contributed by atoms with E-state index in [0.29, 0.717) is 0 Å². The molecule has 0 aliphatic heterocycles. The molecule has 0 unspecified atom stereocenters. The average molecular weight is 645 g/mol. The van der Waals surface area contributed by atoms with Crippen molar-refractivity contribution in [3.05, 3.63) is 156 Å². The van der Waals surface area contributed by atoms with Gasteiger partial charge in [0, 0.05) is 38.9 Å². The molecule has 0 saturated heterocycles. The van der Waals surface area contributed by atoms with Gasteiger partial charge in [0.25, 0.3) is 0 Å². The van der Waals surface area contributed by atoms with Crippen LogP contribution in [-0.4, -0.2) is 18.8 Å². The Labute approximate surface area is 288 Å². The summed E-state index contributed by atoms with van der Waals surface area (Å²) in [6.45, 7) is 6.49. The molecule has 0 aliphatic carbocycles. The second-order valence-corrected chi connectivity index (χ2v) is 13.3. The minimum absolute atomic E-state index is 0.755. The van der Waals surface area contributed by atoms with Gasteiger partial charge >= 0.3 is 0 Å². The van der Waals surface area contributed by atoms with Gasteiger partial charge < -0.3 is 4.74 Å². The Morgan fingerprint density at radius 2 is 1.14 bits per heavy atom. The lowest BCUT2D eigenvalue weighted by Crippen LogP contribution is -1.94. The molecule has 5 nitrogen and oxygen atoms in total. The smallest absolute Gasteiger partial charge is 0.146 e. The highest BCUT2D eigenvalue weighted by Crippen LogP contribution is 2.38. The topological polar surface area (TPSA) is 43.8 Å². The molecule has 6 aromatic carbocycles. The third-order valence-electron chi connectivity index (χ3n) is 10.1. The Hall–Kier alpha value is -6.46. The molecule has 4 heterocycles. The number of para-hydroxylation sites is 2. The maximum absolute atomic E-state index is 6.68. The molecule has 0 atom stereocenters. The predicted octanol–water partition coefficient (Wildman–Crippen LogP) is 11.6. The van der Waals surface area contributed by atoms with Crippen molar-refractivity contribution in [1.29, 1.82) is 0 Å². The Kier molecular flexibility index (Phi) is 6.15. The Bertz CT molecular complexity index is 2970. The van der Waals surface area contributed by atoms with E-state index >= 15 is 0 Å². The van der Waals surface area contributed by atoms with Crippen molar-refractivity contribution in [1.82, 2.24) is 18.8 Å². The molecule has 0 fully saturated rings. The van der Waals surface area contributed by atoms with Gasteiger partial charge in [-0.2, -0.15) is 0 Å². The van der Waals surface area contributed by atoms with Crippen LogP contribution in [0.1, 0.15) is 16.7 Å². The minimum Gasteiger partial charge on any atom is -0.457 e. The van der Waals surface area contributed by atoms with Crippen molar-refractivity contribution >= 4 is 54.6 Å². The van der Waals surface area contributed by atoms with Crippen molar-refractivity contribution in [2.45, 2.75) is 20.8 Å². The van der Waals surface area contributed by atoms with Gasteiger partial charge in [-0.3, -0.25) is 8.80 Å². The van der Waals surface area contributed by atoms with E-state index in [4.69, 9.17) is 14.7 Å². The largest absolute Gasteiger partial charge is 0.457 e. The molecular weight excluding hydrogens is 613 g/mol. The first-order chi connectivity index (χ1) is 24.5. The van der Waals surface area contributed by atoms with E-state index < -0.39 is 0 Å². The van der Waals surface area contributed by atoms with Crippen LogP contribution in [0.15, 0.2) is 140 Å². The first-order valence-corrected chi connectivity index (χ1v) is 17.0. The van der Waals surface area contributed by atoms with E-state index in [1.807, 2.05) is 12.3 Å². The van der Waals surface area contributed by atoms with E-state index in [-0.39, 0.29) is 0 Å². The molecule has 0 saturated carbocycles. The van der Waals surface area contributed by atoms with E-state index in [0.717, 1.165) is 72.3 Å². The number of aryl methyl sites for hydroxylation is 3. The fraction of sp³-hybridized carbons (Fsp3) is 0.0667. The average Bonchev–Trinajstić information content (AvgIpc) is 3.78. The molecule has 4 aromatic heterocycles. The fourth-order valence-electron chi connectivity index (χ4n) is 8.01. The maximum atomic E-state index is 6.68. The molecule has 50 heavy (non-hydrogen) atoms. The quantitative estimate of drug-likeness (QED) is 0.179. The lowest BCUT2D eigenvalue weighted by Gasteiger charge is -2.13. The van der Waals surface area contributed by atoms with Gasteiger partial charge in [-0.05, 0) is 91.2 Å². The van der Waals surface area contributed by atoms with Crippen molar-refractivity contribution in [2.75, 3.05) is 0 Å². The molecule has 0 spiro atoms. The van der Waals surface area contributed by atoms with Crippen LogP contribution in [0.2, 0.25) is 0 Å². The summed E-state index contributed by atoms with van der Waals surface area (Å²) < 4.78 is 11.2. The van der Waals surface area contributed by atoms with Gasteiger partial charge in [-0.1, -0.05) is 84.4 Å². The number of hydrogen-bond acceptors (Lipinski definition) is 3. The number of pyridine rings is 2. The molecular formula is C45H32N4O. The highest BCUT2D eigenvalue weighted by atomic mass is 16.5. The Morgan fingerprint density at radius 3 is 1.84 bits per heavy atom. The molecule has 0 radical (unpaired) electrons. The summed E-state index contributed by atoms with van der Waals surface area (Å²) in [6.07, 6.45) is 4.16. The van der Waals surface area contributed by atoms with Gasteiger partial charge in [-0.15, -0.1) is 0 Å². The number of fused-ring (bicyclic) bond motifs is 12. The first kappa shape index (κ1) is 28.5. The second-order valence-electron chi connectivity index (χ2n) is 13.3. The number of nitrogens with zero attached hydrogens (tertiary/aromatic N) is 4. The lowest BCUT2D eigenvalue weighted by molar-refractivity contribution is 0.484. The fourth-order valence-corrected chi connectivity index (χ4v) is 8.01. The number of benzene rings is 6. The molecule has 0 amide bonds. The molecule has 0 N–H and O–H groups in total. The van der Waals surface area contributed by atoms with E-state index in [1.165, 1.54) is 33.0 Å². The van der Waals surface area contributed by atoms with Crippen LogP contribution < -0.4 is 4.74 Å². The number of rotatable bonds is 4. The van der Waals surface area contributed by atoms with Gasteiger partial charge in [0.2, 0.25) is 0 Å². The van der Waals surface area contributed by atoms with Gasteiger partial charge in [0.05, 0.1) is 28.6 Å². The summed E-state index contributed by atoms with van der Waals surface area (Å²) >= 11 is 0. The number of hydrogen-bond donors (Lipinski definition) is 0. The van der Waals surface area contributed by atoms with Crippen LogP contribution in [0, 0.1) is 20.8 Å². The summed E-state index contributed by atoms with van der Waals surface area (Å²) in [6, 6.07) is 44.7. The number of ether oxygens (including phenoxy) is 1. The van der Waals surface area contributed by atoms with Crippen molar-refractivity contribution in [3.8, 4) is 34.0 Å². The number of aromatic nitrogens is 4. The first-order valence-electron chi connectivity index (χ1n) is 17.0. The van der Waals surface area contributed by atoms with Crippen LogP contribution in [-0.2, 0) is 0 Å². The molecule has 0 aliphatic rings. The highest BCUT2D eigenvalue weighted by molar-refractivity contribution is 6.14. The van der Waals surface area contributed by atoms with E-state index in [9.17, 15) is 0 Å². The van der Waals surface area contributed by atoms with Crippen LogP contribution in [0.25, 0.3) is 77.2 Å². The maximum Gasteiger partial charge on any atom is 0.146 e.